The molecule has 0 heterocycles. The maximum Gasteiger partial charge on any atom is 0.119 e. The number of hydrogen-bond acceptors (Lipinski definition) is 2. The monoisotopic (exact) mass is 273 g/mol. The van der Waals surface area contributed by atoms with Crippen LogP contribution in [0.25, 0.3) is 0 Å². The Morgan fingerprint density at radius 1 is 1.25 bits per heavy atom. The van der Waals surface area contributed by atoms with Crippen molar-refractivity contribution in [2.75, 3.05) is 6.61 Å². The van der Waals surface area contributed by atoms with E-state index in [1.54, 1.807) is 6.08 Å². The highest BCUT2D eigenvalue weighted by atomic mass is 16.5. The smallest absolute Gasteiger partial charge is 0.119 e. The van der Waals surface area contributed by atoms with Gasteiger partial charge in [0.25, 0.3) is 0 Å². The molecule has 1 aromatic carbocycles. The number of hydrogen-bond donors (Lipinski definition) is 1. The molecular weight excluding hydrogens is 246 g/mol. The molecule has 3 atom stereocenters. The van der Waals surface area contributed by atoms with Gasteiger partial charge in [-0.3, -0.25) is 0 Å². The van der Waals surface area contributed by atoms with Gasteiger partial charge in [0.1, 0.15) is 12.4 Å². The Hall–Kier alpha value is -1.28. The molecule has 20 heavy (non-hydrogen) atoms. The standard InChI is InChI=1S/C18H27NO/c1-4-12-20-17-10-8-16(9-11-17)13-19-18-7-5-6-14(2)15(18)3/h4,8-11,14-15,18-19H,1,5-7,12-13H2,2-3H3/t14-,15+,18-/m0/s1. The lowest BCUT2D eigenvalue weighted by molar-refractivity contribution is 0.206. The molecule has 1 fully saturated rings. The fraction of sp³-hybridized carbons (Fsp3) is 0.556. The summed E-state index contributed by atoms with van der Waals surface area (Å²) < 4.78 is 5.50. The minimum Gasteiger partial charge on any atom is -0.490 e. The molecule has 0 radical (unpaired) electrons. The van der Waals surface area contributed by atoms with Crippen LogP contribution in [0.1, 0.15) is 38.7 Å². The molecule has 1 saturated carbocycles. The Labute approximate surface area is 123 Å². The summed E-state index contributed by atoms with van der Waals surface area (Å²) in [5, 5.41) is 3.72. The molecule has 2 rings (SSSR count). The molecular formula is C18H27NO. The van der Waals surface area contributed by atoms with Crippen LogP contribution in [0.4, 0.5) is 0 Å². The van der Waals surface area contributed by atoms with E-state index in [4.69, 9.17) is 4.74 Å². The average molecular weight is 273 g/mol. The molecule has 1 aromatic rings. The van der Waals surface area contributed by atoms with E-state index in [-0.39, 0.29) is 0 Å². The lowest BCUT2D eigenvalue weighted by atomic mass is 9.78. The Bertz CT molecular complexity index is 412. The van der Waals surface area contributed by atoms with Gasteiger partial charge < -0.3 is 10.1 Å². The van der Waals surface area contributed by atoms with Crippen LogP contribution in [0.5, 0.6) is 5.75 Å². The fourth-order valence-corrected chi connectivity index (χ4v) is 2.98. The van der Waals surface area contributed by atoms with Gasteiger partial charge in [0, 0.05) is 12.6 Å². The molecule has 0 bridgehead atoms. The van der Waals surface area contributed by atoms with E-state index < -0.39 is 0 Å². The van der Waals surface area contributed by atoms with Crippen molar-refractivity contribution in [3.8, 4) is 5.75 Å². The zero-order chi connectivity index (χ0) is 14.4. The molecule has 0 spiro atoms. The van der Waals surface area contributed by atoms with E-state index in [2.05, 4.69) is 37.9 Å². The van der Waals surface area contributed by atoms with Crippen molar-refractivity contribution < 1.29 is 4.74 Å². The van der Waals surface area contributed by atoms with Gasteiger partial charge in [0.2, 0.25) is 0 Å². The number of rotatable bonds is 6. The summed E-state index contributed by atoms with van der Waals surface area (Å²) in [6.45, 7) is 9.93. The molecule has 1 N–H and O–H groups in total. The molecule has 110 valence electrons. The van der Waals surface area contributed by atoms with Crippen molar-refractivity contribution >= 4 is 0 Å². The SMILES string of the molecule is C=CCOc1ccc(CN[C@H]2CCC[C@H](C)[C@H]2C)cc1. The van der Waals surface area contributed by atoms with Crippen LogP contribution < -0.4 is 10.1 Å². The van der Waals surface area contributed by atoms with Crippen LogP contribution in [-0.2, 0) is 6.54 Å². The molecule has 0 aromatic heterocycles. The second-order valence-electron chi connectivity index (χ2n) is 6.00. The van der Waals surface area contributed by atoms with E-state index in [0.29, 0.717) is 12.6 Å². The van der Waals surface area contributed by atoms with E-state index in [0.717, 1.165) is 24.1 Å². The van der Waals surface area contributed by atoms with E-state index >= 15 is 0 Å². The Balaban J connectivity index is 1.82. The number of nitrogens with one attached hydrogen (secondary N) is 1. The lowest BCUT2D eigenvalue weighted by Gasteiger charge is -2.34. The fourth-order valence-electron chi connectivity index (χ4n) is 2.98. The van der Waals surface area contributed by atoms with Gasteiger partial charge in [-0.25, -0.2) is 0 Å². The van der Waals surface area contributed by atoms with Gasteiger partial charge in [0.05, 0.1) is 0 Å². The lowest BCUT2D eigenvalue weighted by Crippen LogP contribution is -2.40. The largest absolute Gasteiger partial charge is 0.490 e. The molecule has 0 saturated heterocycles. The summed E-state index contributed by atoms with van der Waals surface area (Å²) in [5.41, 5.74) is 1.32. The molecule has 0 unspecified atom stereocenters. The summed E-state index contributed by atoms with van der Waals surface area (Å²) in [6.07, 6.45) is 5.82. The second-order valence-corrected chi connectivity index (χ2v) is 6.00. The van der Waals surface area contributed by atoms with E-state index in [1.165, 1.54) is 24.8 Å². The van der Waals surface area contributed by atoms with Crippen molar-refractivity contribution in [2.24, 2.45) is 11.8 Å². The van der Waals surface area contributed by atoms with Crippen LogP contribution in [0.3, 0.4) is 0 Å². The molecule has 0 aliphatic heterocycles. The van der Waals surface area contributed by atoms with Crippen LogP contribution in [0, 0.1) is 11.8 Å². The van der Waals surface area contributed by atoms with E-state index in [1.807, 2.05) is 12.1 Å². The summed E-state index contributed by atoms with van der Waals surface area (Å²) in [6, 6.07) is 9.02. The second kappa shape index (κ2) is 7.49. The summed E-state index contributed by atoms with van der Waals surface area (Å²) in [4.78, 5) is 0. The molecule has 1 aliphatic carbocycles. The Morgan fingerprint density at radius 3 is 2.70 bits per heavy atom. The molecule has 2 heteroatoms. The third kappa shape index (κ3) is 4.11. The summed E-state index contributed by atoms with van der Waals surface area (Å²) in [5.74, 6) is 2.53. The predicted octanol–water partition coefficient (Wildman–Crippen LogP) is 4.17. The Kier molecular flexibility index (Phi) is 5.66. The third-order valence-electron chi connectivity index (χ3n) is 4.57. The first kappa shape index (κ1) is 15.1. The molecule has 2 nitrogen and oxygen atoms in total. The first-order valence-electron chi connectivity index (χ1n) is 7.76. The summed E-state index contributed by atoms with van der Waals surface area (Å²) >= 11 is 0. The van der Waals surface area contributed by atoms with Gasteiger partial charge in [0.15, 0.2) is 0 Å². The van der Waals surface area contributed by atoms with Crippen molar-refractivity contribution in [2.45, 2.75) is 45.7 Å². The average Bonchev–Trinajstić information content (AvgIpc) is 2.48. The van der Waals surface area contributed by atoms with Crippen LogP contribution >= 0.6 is 0 Å². The number of benzene rings is 1. The Morgan fingerprint density at radius 2 is 2.00 bits per heavy atom. The van der Waals surface area contributed by atoms with Gasteiger partial charge >= 0.3 is 0 Å². The maximum atomic E-state index is 5.50. The van der Waals surface area contributed by atoms with Gasteiger partial charge in [-0.05, 0) is 36.0 Å². The summed E-state index contributed by atoms with van der Waals surface area (Å²) in [7, 11) is 0. The first-order valence-corrected chi connectivity index (χ1v) is 7.76. The van der Waals surface area contributed by atoms with Crippen LogP contribution in [-0.4, -0.2) is 12.6 Å². The highest BCUT2D eigenvalue weighted by Gasteiger charge is 2.26. The van der Waals surface area contributed by atoms with Crippen LogP contribution in [0.15, 0.2) is 36.9 Å². The highest BCUT2D eigenvalue weighted by molar-refractivity contribution is 5.27. The molecule has 0 amide bonds. The quantitative estimate of drug-likeness (QED) is 0.786. The predicted molar refractivity (Wildman–Crippen MR) is 84.9 cm³/mol. The normalized spacial score (nSPS) is 26.2. The van der Waals surface area contributed by atoms with Gasteiger partial charge in [-0.1, -0.05) is 51.5 Å². The topological polar surface area (TPSA) is 21.3 Å². The zero-order valence-corrected chi connectivity index (χ0v) is 12.8. The minimum absolute atomic E-state index is 0.565. The van der Waals surface area contributed by atoms with Gasteiger partial charge in [-0.15, -0.1) is 0 Å². The minimum atomic E-state index is 0.565. The van der Waals surface area contributed by atoms with Crippen molar-refractivity contribution in [1.82, 2.24) is 5.32 Å². The highest BCUT2D eigenvalue weighted by Crippen LogP contribution is 2.29. The van der Waals surface area contributed by atoms with Crippen molar-refractivity contribution in [3.05, 3.63) is 42.5 Å². The van der Waals surface area contributed by atoms with E-state index in [9.17, 15) is 0 Å². The van der Waals surface area contributed by atoms with Crippen molar-refractivity contribution in [3.63, 3.8) is 0 Å². The first-order chi connectivity index (χ1) is 9.70. The number of ether oxygens (including phenoxy) is 1. The van der Waals surface area contributed by atoms with Crippen molar-refractivity contribution in [1.29, 1.82) is 0 Å². The van der Waals surface area contributed by atoms with Crippen LogP contribution in [0.2, 0.25) is 0 Å². The molecule has 1 aliphatic rings. The zero-order valence-electron chi connectivity index (χ0n) is 12.8. The maximum absolute atomic E-state index is 5.50. The van der Waals surface area contributed by atoms with Gasteiger partial charge in [-0.2, -0.15) is 0 Å². The third-order valence-corrected chi connectivity index (χ3v) is 4.57.